The van der Waals surface area contributed by atoms with Crippen LogP contribution in [0, 0.1) is 0 Å². The van der Waals surface area contributed by atoms with E-state index >= 15 is 0 Å². The number of methoxy groups -OCH3 is 1. The van der Waals surface area contributed by atoms with Gasteiger partial charge in [0, 0.05) is 19.7 Å². The number of carbonyl (C=O) groups is 1. The minimum atomic E-state index is -1.14. The third-order valence-corrected chi connectivity index (χ3v) is 2.92. The topological polar surface area (TPSA) is 77.2 Å². The van der Waals surface area contributed by atoms with Gasteiger partial charge in [-0.2, -0.15) is 0 Å². The molecule has 6 heteroatoms. The summed E-state index contributed by atoms with van der Waals surface area (Å²) in [6.45, 7) is 1.94. The number of carboxylic acids is 1. The summed E-state index contributed by atoms with van der Waals surface area (Å²) >= 11 is 0. The zero-order valence-corrected chi connectivity index (χ0v) is 11.0. The largest absolute Gasteiger partial charge is 0.475 e. The number of aromatic nitrogens is 3. The average Bonchev–Trinajstić information content (AvgIpc) is 2.80. The zero-order chi connectivity index (χ0) is 14.0. The fourth-order valence-electron chi connectivity index (χ4n) is 1.79. The van der Waals surface area contributed by atoms with Crippen LogP contribution >= 0.6 is 0 Å². The number of carboxylic acid groups (broad SMARTS) is 1. The predicted molar refractivity (Wildman–Crippen MR) is 68.8 cm³/mol. The Bertz CT molecular complexity index is 607. The van der Waals surface area contributed by atoms with E-state index in [-0.39, 0.29) is 11.9 Å². The normalized spacial score (nSPS) is 12.4. The molecule has 1 aromatic carbocycles. The molecule has 1 heterocycles. The summed E-state index contributed by atoms with van der Waals surface area (Å²) < 4.78 is 6.72. The molecule has 2 aromatic rings. The van der Waals surface area contributed by atoms with E-state index in [2.05, 4.69) is 10.1 Å². The summed E-state index contributed by atoms with van der Waals surface area (Å²) in [7, 11) is 3.31. The molecule has 0 saturated carbocycles. The van der Waals surface area contributed by atoms with Crippen LogP contribution < -0.4 is 0 Å². The molecule has 1 N–H and O–H groups in total. The lowest BCUT2D eigenvalue weighted by Crippen LogP contribution is -2.00. The Morgan fingerprint density at radius 1 is 1.47 bits per heavy atom. The van der Waals surface area contributed by atoms with Crippen molar-refractivity contribution in [2.75, 3.05) is 7.11 Å². The first-order valence-corrected chi connectivity index (χ1v) is 5.80. The highest BCUT2D eigenvalue weighted by Gasteiger charge is 2.15. The van der Waals surface area contributed by atoms with E-state index in [1.165, 1.54) is 4.68 Å². The van der Waals surface area contributed by atoms with Crippen LogP contribution in [0.15, 0.2) is 24.3 Å². The molecule has 1 atom stereocenters. The summed E-state index contributed by atoms with van der Waals surface area (Å²) in [5, 5.41) is 12.7. The molecule has 0 saturated heterocycles. The van der Waals surface area contributed by atoms with Crippen molar-refractivity contribution in [3.8, 4) is 11.4 Å². The lowest BCUT2D eigenvalue weighted by atomic mass is 10.1. The van der Waals surface area contributed by atoms with Crippen molar-refractivity contribution in [1.29, 1.82) is 0 Å². The Balaban J connectivity index is 2.44. The van der Waals surface area contributed by atoms with Gasteiger partial charge in [-0.25, -0.2) is 14.5 Å². The van der Waals surface area contributed by atoms with Gasteiger partial charge < -0.3 is 9.84 Å². The van der Waals surface area contributed by atoms with Crippen molar-refractivity contribution in [2.45, 2.75) is 13.0 Å². The second-order valence-electron chi connectivity index (χ2n) is 4.19. The molecule has 2 rings (SSSR count). The van der Waals surface area contributed by atoms with E-state index in [0.717, 1.165) is 11.1 Å². The number of hydrogen-bond acceptors (Lipinski definition) is 4. The lowest BCUT2D eigenvalue weighted by molar-refractivity contribution is 0.0683. The molecule has 6 nitrogen and oxygen atoms in total. The van der Waals surface area contributed by atoms with Gasteiger partial charge in [-0.05, 0) is 18.6 Å². The highest BCUT2D eigenvalue weighted by molar-refractivity contribution is 5.83. The van der Waals surface area contributed by atoms with Gasteiger partial charge in [-0.1, -0.05) is 18.2 Å². The van der Waals surface area contributed by atoms with E-state index in [1.807, 2.05) is 31.2 Å². The maximum atomic E-state index is 10.9. The fraction of sp³-hybridized carbons (Fsp3) is 0.308. The van der Waals surface area contributed by atoms with Crippen LogP contribution in [0.3, 0.4) is 0 Å². The molecule has 100 valence electrons. The van der Waals surface area contributed by atoms with Gasteiger partial charge in [0.05, 0.1) is 6.10 Å². The number of nitrogens with zero attached hydrogens (tertiary/aromatic N) is 3. The Hall–Kier alpha value is -2.21. The molecule has 0 spiro atoms. The molecule has 1 aromatic heterocycles. The van der Waals surface area contributed by atoms with Crippen LogP contribution in [0.1, 0.15) is 29.2 Å². The standard InChI is InChI=1S/C13H15N3O3/c1-8(19-3)9-5-4-6-10(7-9)12-14-11(13(17)18)15-16(12)2/h4-8H,1-3H3,(H,17,18). The van der Waals surface area contributed by atoms with E-state index in [4.69, 9.17) is 9.84 Å². The molecule has 19 heavy (non-hydrogen) atoms. The van der Waals surface area contributed by atoms with Crippen molar-refractivity contribution < 1.29 is 14.6 Å². The second kappa shape index (κ2) is 5.19. The summed E-state index contributed by atoms with van der Waals surface area (Å²) in [6.07, 6.45) is -0.0351. The Morgan fingerprint density at radius 2 is 2.21 bits per heavy atom. The number of ether oxygens (including phenoxy) is 1. The predicted octanol–water partition coefficient (Wildman–Crippen LogP) is 1.89. The van der Waals surface area contributed by atoms with E-state index < -0.39 is 5.97 Å². The maximum absolute atomic E-state index is 10.9. The average molecular weight is 261 g/mol. The number of rotatable bonds is 4. The highest BCUT2D eigenvalue weighted by Crippen LogP contribution is 2.23. The number of aromatic carboxylic acids is 1. The quantitative estimate of drug-likeness (QED) is 0.909. The second-order valence-corrected chi connectivity index (χ2v) is 4.19. The first-order chi connectivity index (χ1) is 9.02. The molecule has 0 aliphatic carbocycles. The Morgan fingerprint density at radius 3 is 2.79 bits per heavy atom. The molecule has 0 fully saturated rings. The smallest absolute Gasteiger partial charge is 0.375 e. The van der Waals surface area contributed by atoms with Crippen molar-refractivity contribution in [1.82, 2.24) is 14.8 Å². The van der Waals surface area contributed by atoms with Crippen molar-refractivity contribution in [3.05, 3.63) is 35.7 Å². The monoisotopic (exact) mass is 261 g/mol. The van der Waals surface area contributed by atoms with Crippen LogP contribution in [-0.2, 0) is 11.8 Å². The van der Waals surface area contributed by atoms with Crippen molar-refractivity contribution in [2.24, 2.45) is 7.05 Å². The van der Waals surface area contributed by atoms with Crippen LogP contribution in [0.5, 0.6) is 0 Å². The number of aryl methyl sites for hydroxylation is 1. The SMILES string of the molecule is COC(C)c1cccc(-c2nc(C(=O)O)nn2C)c1. The van der Waals surface area contributed by atoms with E-state index in [9.17, 15) is 4.79 Å². The van der Waals surface area contributed by atoms with Gasteiger partial charge in [0.1, 0.15) is 0 Å². The van der Waals surface area contributed by atoms with Gasteiger partial charge >= 0.3 is 5.97 Å². The van der Waals surface area contributed by atoms with Crippen LogP contribution in [-0.4, -0.2) is 33.0 Å². The van der Waals surface area contributed by atoms with Crippen LogP contribution in [0.4, 0.5) is 0 Å². The summed E-state index contributed by atoms with van der Waals surface area (Å²) in [4.78, 5) is 14.9. The first-order valence-electron chi connectivity index (χ1n) is 5.80. The molecule has 0 radical (unpaired) electrons. The minimum Gasteiger partial charge on any atom is -0.475 e. The molecular weight excluding hydrogens is 246 g/mol. The molecule has 0 bridgehead atoms. The van der Waals surface area contributed by atoms with E-state index in [0.29, 0.717) is 5.82 Å². The highest BCUT2D eigenvalue weighted by atomic mass is 16.5. The van der Waals surface area contributed by atoms with Gasteiger partial charge in [0.15, 0.2) is 5.82 Å². The molecular formula is C13H15N3O3. The minimum absolute atomic E-state index is 0.0351. The number of hydrogen-bond donors (Lipinski definition) is 1. The van der Waals surface area contributed by atoms with Gasteiger partial charge in [-0.15, -0.1) is 5.10 Å². The molecule has 0 aliphatic rings. The summed E-state index contributed by atoms with van der Waals surface area (Å²) in [5.74, 6) is -0.825. The van der Waals surface area contributed by atoms with Crippen LogP contribution in [0.25, 0.3) is 11.4 Å². The third-order valence-electron chi connectivity index (χ3n) is 2.92. The van der Waals surface area contributed by atoms with Gasteiger partial charge in [-0.3, -0.25) is 0 Å². The van der Waals surface area contributed by atoms with Crippen molar-refractivity contribution >= 4 is 5.97 Å². The Kier molecular flexibility index (Phi) is 3.62. The third kappa shape index (κ3) is 2.63. The first kappa shape index (κ1) is 13.2. The Labute approximate surface area is 110 Å². The molecule has 0 amide bonds. The fourth-order valence-corrected chi connectivity index (χ4v) is 1.79. The number of benzene rings is 1. The zero-order valence-electron chi connectivity index (χ0n) is 11.0. The molecule has 1 unspecified atom stereocenters. The van der Waals surface area contributed by atoms with Gasteiger partial charge in [0.2, 0.25) is 0 Å². The maximum Gasteiger partial charge on any atom is 0.375 e. The summed E-state index contributed by atoms with van der Waals surface area (Å²) in [5.41, 5.74) is 1.81. The lowest BCUT2D eigenvalue weighted by Gasteiger charge is -2.10. The summed E-state index contributed by atoms with van der Waals surface area (Å²) in [6, 6.07) is 7.62. The van der Waals surface area contributed by atoms with Crippen LogP contribution in [0.2, 0.25) is 0 Å². The van der Waals surface area contributed by atoms with Gasteiger partial charge in [0.25, 0.3) is 5.82 Å². The van der Waals surface area contributed by atoms with E-state index in [1.54, 1.807) is 14.2 Å². The van der Waals surface area contributed by atoms with Crippen molar-refractivity contribution in [3.63, 3.8) is 0 Å². The molecule has 0 aliphatic heterocycles.